The fourth-order valence-electron chi connectivity index (χ4n) is 3.17. The number of nitrogens with two attached hydrogens (primary N) is 1. The Morgan fingerprint density at radius 3 is 3.04 bits per heavy atom. The maximum absolute atomic E-state index is 6.30. The summed E-state index contributed by atoms with van der Waals surface area (Å²) in [6.45, 7) is 2.01. The molecule has 4 heterocycles. The van der Waals surface area contributed by atoms with Gasteiger partial charge in [0.1, 0.15) is 5.82 Å². The number of anilines is 1. The normalized spacial score (nSPS) is 18.6. The number of halogens is 1. The van der Waals surface area contributed by atoms with Gasteiger partial charge in [0.15, 0.2) is 12.7 Å². The lowest BCUT2D eigenvalue weighted by atomic mass is 9.96. The van der Waals surface area contributed by atoms with Crippen LogP contribution in [0.2, 0.25) is 0 Å². The third kappa shape index (κ3) is 2.42. The highest BCUT2D eigenvalue weighted by Gasteiger charge is 2.24. The molecule has 0 bridgehead atoms. The van der Waals surface area contributed by atoms with Gasteiger partial charge in [-0.25, -0.2) is 4.98 Å². The quantitative estimate of drug-likeness (QED) is 0.589. The maximum atomic E-state index is 6.30. The lowest BCUT2D eigenvalue weighted by Gasteiger charge is -2.23. The predicted molar refractivity (Wildman–Crippen MR) is 90.9 cm³/mol. The molecule has 7 nitrogen and oxygen atoms in total. The van der Waals surface area contributed by atoms with Crippen LogP contribution in [0.25, 0.3) is 16.8 Å². The number of rotatable bonds is 2. The summed E-state index contributed by atoms with van der Waals surface area (Å²) in [6, 6.07) is 0. The first-order chi connectivity index (χ1) is 11.1. The monoisotopic (exact) mass is 376 g/mol. The minimum atomic E-state index is 0.371. The number of nitrogens with one attached hydrogen (secondary N) is 2. The maximum Gasteiger partial charge on any atom is 0.203 e. The molecule has 4 N–H and O–H groups in total. The summed E-state index contributed by atoms with van der Waals surface area (Å²) in [4.78, 5) is 4.92. The number of aromatic amines is 1. The van der Waals surface area contributed by atoms with Crippen molar-refractivity contribution in [2.45, 2.75) is 18.8 Å². The van der Waals surface area contributed by atoms with Crippen molar-refractivity contribution in [3.8, 4) is 11.1 Å². The Bertz CT molecular complexity index is 860. The Morgan fingerprint density at radius 2 is 2.35 bits per heavy atom. The van der Waals surface area contributed by atoms with Crippen LogP contribution >= 0.6 is 15.9 Å². The minimum Gasteiger partial charge on any atom is -0.383 e. The van der Waals surface area contributed by atoms with E-state index in [1.54, 1.807) is 4.52 Å². The van der Waals surface area contributed by atoms with Crippen molar-refractivity contribution >= 4 is 27.4 Å². The molecule has 1 aliphatic rings. The van der Waals surface area contributed by atoms with Crippen LogP contribution in [0.1, 0.15) is 24.5 Å². The van der Waals surface area contributed by atoms with Crippen LogP contribution in [-0.4, -0.2) is 32.8 Å². The van der Waals surface area contributed by atoms with Crippen LogP contribution in [0, 0.1) is 0 Å². The molecule has 1 aliphatic heterocycles. The number of hydrogen-bond donors (Lipinski definition) is 3. The zero-order chi connectivity index (χ0) is 16.0. The molecule has 0 amide bonds. The lowest BCUT2D eigenvalue weighted by Crippen LogP contribution is -2.29. The third-order valence-corrected chi connectivity index (χ3v) is 5.21. The van der Waals surface area contributed by atoms with Crippen molar-refractivity contribution < 1.29 is 4.68 Å². The van der Waals surface area contributed by atoms with Crippen LogP contribution in [-0.2, 0) is 7.05 Å². The number of hydrogen-bond acceptors (Lipinski definition) is 4. The molecule has 0 unspecified atom stereocenters. The minimum absolute atomic E-state index is 0.371. The molecule has 23 heavy (non-hydrogen) atoms. The fourth-order valence-corrected chi connectivity index (χ4v) is 3.75. The van der Waals surface area contributed by atoms with Crippen molar-refractivity contribution in [3.05, 3.63) is 28.8 Å². The van der Waals surface area contributed by atoms with Gasteiger partial charge in [0.25, 0.3) is 0 Å². The van der Waals surface area contributed by atoms with Gasteiger partial charge in [0, 0.05) is 12.5 Å². The SMILES string of the molecule is C[n+]1cc(-c2cnn3c(N)c(Br)c([C@H]4CCCNC4)nc23)c[nH]1. The molecule has 0 aromatic carbocycles. The number of fused-ring (bicyclic) bond motifs is 1. The van der Waals surface area contributed by atoms with Crippen LogP contribution in [0.5, 0.6) is 0 Å². The topological polar surface area (TPSA) is 87.9 Å². The van der Waals surface area contributed by atoms with Crippen molar-refractivity contribution in [1.82, 2.24) is 25.0 Å². The van der Waals surface area contributed by atoms with E-state index in [2.05, 4.69) is 31.4 Å². The van der Waals surface area contributed by atoms with Gasteiger partial charge in [-0.15, -0.1) is 4.68 Å². The Kier molecular flexibility index (Phi) is 3.57. The first kappa shape index (κ1) is 14.6. The van der Waals surface area contributed by atoms with Gasteiger partial charge < -0.3 is 11.1 Å². The number of nitrogen functional groups attached to an aromatic ring is 1. The number of piperidine rings is 1. The smallest absolute Gasteiger partial charge is 0.203 e. The molecule has 0 spiro atoms. The lowest BCUT2D eigenvalue weighted by molar-refractivity contribution is -0.726. The highest BCUT2D eigenvalue weighted by atomic mass is 79.9. The third-order valence-electron chi connectivity index (χ3n) is 4.40. The Hall–Kier alpha value is -1.93. The second-order valence-electron chi connectivity index (χ2n) is 6.00. The molecule has 4 rings (SSSR count). The number of aromatic nitrogens is 5. The average molecular weight is 377 g/mol. The number of H-pyrrole nitrogens is 1. The summed E-state index contributed by atoms with van der Waals surface area (Å²) in [5.41, 5.74) is 10.1. The van der Waals surface area contributed by atoms with Gasteiger partial charge in [-0.2, -0.15) is 14.7 Å². The molecule has 0 radical (unpaired) electrons. The molecule has 0 saturated carbocycles. The summed E-state index contributed by atoms with van der Waals surface area (Å²) in [6.07, 6.45) is 8.05. The Balaban J connectivity index is 1.89. The first-order valence-electron chi connectivity index (χ1n) is 7.73. The van der Waals surface area contributed by atoms with Gasteiger partial charge in [0.2, 0.25) is 6.20 Å². The van der Waals surface area contributed by atoms with Crippen LogP contribution in [0.3, 0.4) is 0 Å². The largest absolute Gasteiger partial charge is 0.383 e. The predicted octanol–water partition coefficient (Wildman–Crippen LogP) is 1.36. The van der Waals surface area contributed by atoms with Crippen molar-refractivity contribution in [1.29, 1.82) is 0 Å². The summed E-state index contributed by atoms with van der Waals surface area (Å²) in [5, 5.41) is 11.0. The Labute approximate surface area is 142 Å². The Morgan fingerprint density at radius 1 is 1.48 bits per heavy atom. The zero-order valence-corrected chi connectivity index (χ0v) is 14.5. The highest BCUT2D eigenvalue weighted by molar-refractivity contribution is 9.10. The van der Waals surface area contributed by atoms with E-state index in [4.69, 9.17) is 10.7 Å². The molecular formula is C15H19BrN7+. The van der Waals surface area contributed by atoms with Crippen molar-refractivity contribution in [3.63, 3.8) is 0 Å². The van der Waals surface area contributed by atoms with E-state index in [0.29, 0.717) is 11.7 Å². The molecule has 1 fully saturated rings. The average Bonchev–Trinajstić information content (AvgIpc) is 3.17. The van der Waals surface area contributed by atoms with Gasteiger partial charge >= 0.3 is 0 Å². The van der Waals surface area contributed by atoms with Crippen LogP contribution in [0.15, 0.2) is 23.1 Å². The van der Waals surface area contributed by atoms with E-state index in [9.17, 15) is 0 Å². The summed E-state index contributed by atoms with van der Waals surface area (Å²) in [7, 11) is 1.95. The molecule has 3 aromatic rings. The van der Waals surface area contributed by atoms with E-state index < -0.39 is 0 Å². The highest BCUT2D eigenvalue weighted by Crippen LogP contribution is 2.34. The van der Waals surface area contributed by atoms with Crippen molar-refractivity contribution in [2.24, 2.45) is 7.05 Å². The molecule has 0 aliphatic carbocycles. The van der Waals surface area contributed by atoms with Gasteiger partial charge in [-0.1, -0.05) is 0 Å². The molecule has 8 heteroatoms. The van der Waals surface area contributed by atoms with Gasteiger partial charge in [-0.3, -0.25) is 0 Å². The zero-order valence-electron chi connectivity index (χ0n) is 12.9. The molecule has 120 valence electrons. The van der Waals surface area contributed by atoms with E-state index in [1.807, 2.05) is 30.3 Å². The summed E-state index contributed by atoms with van der Waals surface area (Å²) in [5.74, 6) is 0.970. The second-order valence-corrected chi connectivity index (χ2v) is 6.79. The van der Waals surface area contributed by atoms with E-state index in [0.717, 1.165) is 52.9 Å². The number of nitrogens with zero attached hydrogens (tertiary/aromatic N) is 4. The number of aryl methyl sites for hydroxylation is 1. The fraction of sp³-hybridized carbons (Fsp3) is 0.400. The van der Waals surface area contributed by atoms with Crippen molar-refractivity contribution in [2.75, 3.05) is 18.8 Å². The van der Waals surface area contributed by atoms with E-state index in [1.165, 1.54) is 0 Å². The summed E-state index contributed by atoms with van der Waals surface area (Å²) < 4.78 is 4.45. The van der Waals surface area contributed by atoms with Crippen LogP contribution < -0.4 is 15.7 Å². The van der Waals surface area contributed by atoms with Gasteiger partial charge in [-0.05, 0) is 35.3 Å². The molecule has 1 atom stereocenters. The summed E-state index contributed by atoms with van der Waals surface area (Å²) >= 11 is 3.62. The molecule has 1 saturated heterocycles. The standard InChI is InChI=1S/C15H18BrN7/c1-22-8-10(6-19-22)11-7-20-23-14(17)12(16)13(21-15(11)23)9-3-2-4-18-5-9/h6-9,18H,2-5H2,1H3,(H2,17,20,21)/p+1/t9-/m0/s1. The first-order valence-corrected chi connectivity index (χ1v) is 8.52. The second kappa shape index (κ2) is 5.61. The van der Waals surface area contributed by atoms with E-state index >= 15 is 0 Å². The van der Waals surface area contributed by atoms with Gasteiger partial charge in [0.05, 0.1) is 33.7 Å². The van der Waals surface area contributed by atoms with Crippen LogP contribution in [0.4, 0.5) is 5.82 Å². The van der Waals surface area contributed by atoms with E-state index in [-0.39, 0.29) is 0 Å². The molecular weight excluding hydrogens is 358 g/mol. The molecule has 3 aromatic heterocycles.